The molecule has 2 N–H and O–H groups in total. The predicted octanol–water partition coefficient (Wildman–Crippen LogP) is 0.938. The van der Waals surface area contributed by atoms with Gasteiger partial charge in [0.2, 0.25) is 10.0 Å². The molecule has 0 radical (unpaired) electrons. The summed E-state index contributed by atoms with van der Waals surface area (Å²) in [4.78, 5) is 6.71. The second kappa shape index (κ2) is 13.4. The molecule has 0 aromatic rings. The van der Waals surface area contributed by atoms with E-state index in [1.165, 1.54) is 0 Å². The summed E-state index contributed by atoms with van der Waals surface area (Å²) >= 11 is 0. The summed E-state index contributed by atoms with van der Waals surface area (Å²) in [5.74, 6) is 0.707. The fourth-order valence-electron chi connectivity index (χ4n) is 3.95. The number of hydrogen-bond donors (Lipinski definition) is 2. The van der Waals surface area contributed by atoms with Crippen LogP contribution in [0.3, 0.4) is 0 Å². The van der Waals surface area contributed by atoms with Crippen molar-refractivity contribution in [1.82, 2.24) is 14.9 Å². The van der Waals surface area contributed by atoms with Crippen molar-refractivity contribution in [2.45, 2.75) is 57.3 Å². The van der Waals surface area contributed by atoms with Crippen LogP contribution < -0.4 is 10.0 Å². The molecule has 0 aliphatic carbocycles. The molecule has 3 unspecified atom stereocenters. The molecule has 0 spiro atoms. The maximum atomic E-state index is 12.3. The van der Waals surface area contributed by atoms with E-state index in [9.17, 15) is 8.42 Å². The van der Waals surface area contributed by atoms with Crippen molar-refractivity contribution in [3.63, 3.8) is 0 Å². The molecular formula is C19H37IN4O5S. The lowest BCUT2D eigenvalue weighted by atomic mass is 10.1. The Balaban J connectivity index is 0.00000320. The lowest BCUT2D eigenvalue weighted by molar-refractivity contribution is -0.0816. The van der Waals surface area contributed by atoms with Gasteiger partial charge in [0.15, 0.2) is 5.96 Å². The van der Waals surface area contributed by atoms with Gasteiger partial charge in [-0.05, 0) is 39.0 Å². The number of halogens is 1. The molecule has 3 aliphatic rings. The normalized spacial score (nSPS) is 28.2. The van der Waals surface area contributed by atoms with E-state index < -0.39 is 10.0 Å². The van der Waals surface area contributed by atoms with Gasteiger partial charge in [0.1, 0.15) is 6.10 Å². The highest BCUT2D eigenvalue weighted by Crippen LogP contribution is 2.21. The smallest absolute Gasteiger partial charge is 0.213 e. The van der Waals surface area contributed by atoms with Gasteiger partial charge in [0.05, 0.1) is 31.1 Å². The van der Waals surface area contributed by atoms with E-state index in [-0.39, 0.29) is 54.6 Å². The third-order valence-electron chi connectivity index (χ3n) is 5.53. The van der Waals surface area contributed by atoms with Gasteiger partial charge in [-0.2, -0.15) is 0 Å². The summed E-state index contributed by atoms with van der Waals surface area (Å²) in [7, 11) is -3.37. The third kappa shape index (κ3) is 8.38. The van der Waals surface area contributed by atoms with Crippen molar-refractivity contribution in [1.29, 1.82) is 0 Å². The number of morpholine rings is 1. The monoisotopic (exact) mass is 560 g/mol. The van der Waals surface area contributed by atoms with Crippen molar-refractivity contribution < 1.29 is 22.6 Å². The summed E-state index contributed by atoms with van der Waals surface area (Å²) in [5.41, 5.74) is 0. The zero-order valence-electron chi connectivity index (χ0n) is 17.9. The second-order valence-electron chi connectivity index (χ2n) is 7.80. The van der Waals surface area contributed by atoms with Gasteiger partial charge in [0, 0.05) is 39.4 Å². The number of nitrogens with one attached hydrogen (secondary N) is 2. The Bertz CT molecular complexity index is 624. The highest BCUT2D eigenvalue weighted by molar-refractivity contribution is 14.0. The Morgan fingerprint density at radius 3 is 2.57 bits per heavy atom. The van der Waals surface area contributed by atoms with E-state index in [1.54, 1.807) is 0 Å². The second-order valence-corrected chi connectivity index (χ2v) is 9.72. The molecule has 30 heavy (non-hydrogen) atoms. The number of sulfonamides is 1. The first-order valence-corrected chi connectivity index (χ1v) is 12.6. The van der Waals surface area contributed by atoms with Gasteiger partial charge < -0.3 is 24.4 Å². The van der Waals surface area contributed by atoms with Crippen LogP contribution >= 0.6 is 24.0 Å². The maximum Gasteiger partial charge on any atom is 0.213 e. The van der Waals surface area contributed by atoms with E-state index in [0.29, 0.717) is 19.7 Å². The highest BCUT2D eigenvalue weighted by Gasteiger charge is 2.32. The van der Waals surface area contributed by atoms with Crippen LogP contribution in [0.15, 0.2) is 4.99 Å². The standard InChI is InChI=1S/C19H36N4O5S.HI/c1-2-20-19(23-9-12-28-18(15-23)17-7-5-11-27-17)21-8-13-29(24,25)22-14-16-6-3-4-10-26-16;/h16-18,22H,2-15H2,1H3,(H,20,21);1H. The lowest BCUT2D eigenvalue weighted by Crippen LogP contribution is -2.53. The number of nitrogens with zero attached hydrogens (tertiary/aromatic N) is 2. The van der Waals surface area contributed by atoms with Crippen LogP contribution in [0.4, 0.5) is 0 Å². The summed E-state index contributed by atoms with van der Waals surface area (Å²) in [6.07, 6.45) is 5.34. The summed E-state index contributed by atoms with van der Waals surface area (Å²) in [6.45, 7) is 6.88. The van der Waals surface area contributed by atoms with Crippen molar-refractivity contribution in [3.8, 4) is 0 Å². The molecule has 3 rings (SSSR count). The Kier molecular flexibility index (Phi) is 11.6. The molecule has 3 aliphatic heterocycles. The van der Waals surface area contributed by atoms with Gasteiger partial charge in [-0.25, -0.2) is 13.1 Å². The molecule has 3 saturated heterocycles. The van der Waals surface area contributed by atoms with Crippen LogP contribution in [0.25, 0.3) is 0 Å². The lowest BCUT2D eigenvalue weighted by Gasteiger charge is -2.37. The maximum absolute atomic E-state index is 12.3. The molecule has 3 fully saturated rings. The van der Waals surface area contributed by atoms with Gasteiger partial charge in [-0.15, -0.1) is 24.0 Å². The van der Waals surface area contributed by atoms with Crippen LogP contribution in [-0.4, -0.2) is 95.9 Å². The minimum absolute atomic E-state index is 0. The Hall–Kier alpha value is -0.210. The van der Waals surface area contributed by atoms with Crippen LogP contribution in [0.2, 0.25) is 0 Å². The van der Waals surface area contributed by atoms with E-state index in [0.717, 1.165) is 64.4 Å². The molecule has 3 atom stereocenters. The largest absolute Gasteiger partial charge is 0.377 e. The first-order valence-electron chi connectivity index (χ1n) is 10.9. The van der Waals surface area contributed by atoms with Crippen LogP contribution in [0.5, 0.6) is 0 Å². The minimum atomic E-state index is -3.37. The average Bonchev–Trinajstić information content (AvgIpc) is 3.28. The first-order chi connectivity index (χ1) is 14.1. The zero-order chi connectivity index (χ0) is 20.5. The fraction of sp³-hybridized carbons (Fsp3) is 0.947. The van der Waals surface area contributed by atoms with Crippen molar-refractivity contribution in [2.75, 3.05) is 58.3 Å². The average molecular weight is 560 g/mol. The van der Waals surface area contributed by atoms with Crippen molar-refractivity contribution in [3.05, 3.63) is 0 Å². The van der Waals surface area contributed by atoms with Gasteiger partial charge >= 0.3 is 0 Å². The SMILES string of the molecule is CCNC(=NCCS(=O)(=O)NCC1CCCCO1)N1CCOC(C2CCCO2)C1.I. The van der Waals surface area contributed by atoms with Gasteiger partial charge in [-0.3, -0.25) is 4.99 Å². The minimum Gasteiger partial charge on any atom is -0.377 e. The molecule has 176 valence electrons. The number of aliphatic imine (C=N–C) groups is 1. The molecule has 0 aromatic heterocycles. The van der Waals surface area contributed by atoms with E-state index in [1.807, 2.05) is 6.92 Å². The third-order valence-corrected chi connectivity index (χ3v) is 6.86. The molecule has 11 heteroatoms. The Morgan fingerprint density at radius 1 is 1.07 bits per heavy atom. The number of guanidine groups is 1. The summed E-state index contributed by atoms with van der Waals surface area (Å²) in [6, 6.07) is 0. The fourth-order valence-corrected chi connectivity index (χ4v) is 4.86. The Labute approximate surface area is 197 Å². The summed E-state index contributed by atoms with van der Waals surface area (Å²) in [5, 5.41) is 3.28. The summed E-state index contributed by atoms with van der Waals surface area (Å²) < 4.78 is 44.5. The molecule has 0 aromatic carbocycles. The van der Waals surface area contributed by atoms with E-state index in [2.05, 4.69) is 19.9 Å². The van der Waals surface area contributed by atoms with Gasteiger partial charge in [-0.1, -0.05) is 0 Å². The molecule has 0 saturated carbocycles. The molecular weight excluding hydrogens is 523 g/mol. The van der Waals surface area contributed by atoms with Crippen LogP contribution in [0.1, 0.15) is 39.0 Å². The molecule has 0 amide bonds. The Morgan fingerprint density at radius 2 is 1.87 bits per heavy atom. The zero-order valence-corrected chi connectivity index (χ0v) is 21.0. The van der Waals surface area contributed by atoms with Crippen molar-refractivity contribution in [2.24, 2.45) is 4.99 Å². The van der Waals surface area contributed by atoms with E-state index >= 15 is 0 Å². The topological polar surface area (TPSA) is 101 Å². The van der Waals surface area contributed by atoms with Gasteiger partial charge in [0.25, 0.3) is 0 Å². The first kappa shape index (κ1) is 26.0. The quantitative estimate of drug-likeness (QED) is 0.259. The highest BCUT2D eigenvalue weighted by atomic mass is 127. The van der Waals surface area contributed by atoms with Crippen LogP contribution in [-0.2, 0) is 24.2 Å². The predicted molar refractivity (Wildman–Crippen MR) is 127 cm³/mol. The molecule has 3 heterocycles. The molecule has 9 nitrogen and oxygen atoms in total. The van der Waals surface area contributed by atoms with E-state index in [4.69, 9.17) is 14.2 Å². The number of rotatable bonds is 8. The number of hydrogen-bond acceptors (Lipinski definition) is 6. The molecule has 0 bridgehead atoms. The number of ether oxygens (including phenoxy) is 3. The van der Waals surface area contributed by atoms with Crippen LogP contribution in [0, 0.1) is 0 Å². The van der Waals surface area contributed by atoms with Crippen molar-refractivity contribution >= 4 is 40.0 Å².